The molecule has 0 saturated carbocycles. The Labute approximate surface area is 240 Å². The van der Waals surface area contributed by atoms with Crippen molar-refractivity contribution in [2.24, 2.45) is 10.1 Å². The number of allylic oxidation sites excluding steroid dienone is 1. The summed E-state index contributed by atoms with van der Waals surface area (Å²) in [5.74, 6) is 0.697. The van der Waals surface area contributed by atoms with E-state index in [1.54, 1.807) is 24.5 Å². The van der Waals surface area contributed by atoms with Gasteiger partial charge in [-0.25, -0.2) is 31.7 Å². The molecule has 5 heterocycles. The number of dihydropyridines is 1. The van der Waals surface area contributed by atoms with Crippen molar-refractivity contribution in [1.82, 2.24) is 20.0 Å². The van der Waals surface area contributed by atoms with Gasteiger partial charge in [-0.1, -0.05) is 4.98 Å². The van der Waals surface area contributed by atoms with Crippen molar-refractivity contribution in [2.75, 3.05) is 29.7 Å². The van der Waals surface area contributed by atoms with Crippen LogP contribution in [0.4, 0.5) is 15.5 Å². The number of fused-ring (bicyclic) bond motifs is 1. The first-order chi connectivity index (χ1) is 19.8. The van der Waals surface area contributed by atoms with E-state index < -0.39 is 16.1 Å². The first kappa shape index (κ1) is 26.9. The molecule has 6 rings (SSSR count). The number of hydrazone groups is 1. The Morgan fingerprint density at radius 2 is 1.90 bits per heavy atom. The number of benzene rings is 1. The van der Waals surface area contributed by atoms with Crippen LogP contribution in [0.25, 0.3) is 11.3 Å². The van der Waals surface area contributed by atoms with E-state index in [9.17, 15) is 18.1 Å². The molecule has 1 fully saturated rings. The maximum atomic E-state index is 13.5. The fourth-order valence-corrected chi connectivity index (χ4v) is 7.37. The zero-order chi connectivity index (χ0) is 28.7. The number of nitriles is 1. The van der Waals surface area contributed by atoms with Gasteiger partial charge in [0.2, 0.25) is 16.0 Å². The van der Waals surface area contributed by atoms with Crippen LogP contribution in [0.5, 0.6) is 0 Å². The van der Waals surface area contributed by atoms with Gasteiger partial charge in [-0.15, -0.1) is 5.10 Å². The Morgan fingerprint density at radius 3 is 2.54 bits per heavy atom. The number of likely N-dealkylation sites (N-methyl/N-ethyl adjacent to an activating group) is 1. The molecule has 0 spiro atoms. The minimum atomic E-state index is -3.38. The first-order valence-corrected chi connectivity index (χ1v) is 15.5. The number of aromatic nitrogens is 3. The van der Waals surface area contributed by atoms with Gasteiger partial charge in [0.1, 0.15) is 17.6 Å². The molecule has 1 saturated heterocycles. The number of nitrogens with zero attached hydrogens (tertiary/aromatic N) is 9. The third kappa shape index (κ3) is 4.81. The van der Waals surface area contributed by atoms with E-state index in [4.69, 9.17) is 15.1 Å². The Morgan fingerprint density at radius 1 is 1.15 bits per heavy atom. The summed E-state index contributed by atoms with van der Waals surface area (Å²) >= 11 is 1.26. The van der Waals surface area contributed by atoms with E-state index in [0.29, 0.717) is 58.6 Å². The van der Waals surface area contributed by atoms with Crippen LogP contribution in [0.3, 0.4) is 0 Å². The van der Waals surface area contributed by atoms with Crippen molar-refractivity contribution in [2.45, 2.75) is 26.3 Å². The van der Waals surface area contributed by atoms with Crippen LogP contribution in [-0.2, 0) is 10.0 Å². The smallest absolute Gasteiger partial charge is 0.263 e. The summed E-state index contributed by atoms with van der Waals surface area (Å²) in [6.45, 7) is 5.49. The highest BCUT2D eigenvalue weighted by Crippen LogP contribution is 2.33. The molecule has 3 aliphatic heterocycles. The maximum Gasteiger partial charge on any atom is 0.322 e. The van der Waals surface area contributed by atoms with Gasteiger partial charge < -0.3 is 0 Å². The highest BCUT2D eigenvalue weighted by Gasteiger charge is 2.41. The molecule has 0 aliphatic carbocycles. The van der Waals surface area contributed by atoms with Crippen LogP contribution >= 0.6 is 11.3 Å². The molecule has 2 aromatic heterocycles. The van der Waals surface area contributed by atoms with Crippen LogP contribution in [0.1, 0.15) is 30.7 Å². The number of hydrogen-bond donors (Lipinski definition) is 0. The summed E-state index contributed by atoms with van der Waals surface area (Å²) in [4.78, 5) is 18.9. The van der Waals surface area contributed by atoms with Crippen molar-refractivity contribution in [1.29, 1.82) is 5.26 Å². The Balaban J connectivity index is 1.38. The second kappa shape index (κ2) is 10.6. The topological polar surface area (TPSA) is 131 Å². The summed E-state index contributed by atoms with van der Waals surface area (Å²) in [6.07, 6.45) is 7.47. The minimum Gasteiger partial charge on any atom is -0.263 e. The van der Waals surface area contributed by atoms with Gasteiger partial charge in [0, 0.05) is 30.1 Å². The first-order valence-electron chi connectivity index (χ1n) is 13.1. The quantitative estimate of drug-likeness (QED) is 0.403. The maximum absolute atomic E-state index is 13.5. The van der Waals surface area contributed by atoms with Crippen molar-refractivity contribution in [3.05, 3.63) is 65.1 Å². The fourth-order valence-electron chi connectivity index (χ4n) is 4.95. The van der Waals surface area contributed by atoms with Crippen LogP contribution in [0.15, 0.2) is 58.9 Å². The van der Waals surface area contributed by atoms with Gasteiger partial charge in [0.25, 0.3) is 5.84 Å². The molecule has 0 radical (unpaired) electrons. The highest BCUT2D eigenvalue weighted by atomic mass is 32.2. The second-order valence-electron chi connectivity index (χ2n) is 9.40. The normalized spacial score (nSPS) is 20.5. The number of amidine groups is 1. The molecule has 14 heteroatoms. The number of halogens is 1. The molecule has 0 bridgehead atoms. The zero-order valence-corrected chi connectivity index (χ0v) is 23.9. The highest BCUT2D eigenvalue weighted by molar-refractivity contribution is 7.93. The van der Waals surface area contributed by atoms with E-state index >= 15 is 0 Å². The lowest BCUT2D eigenvalue weighted by Gasteiger charge is -2.17. The van der Waals surface area contributed by atoms with Gasteiger partial charge >= 0.3 is 5.13 Å². The second-order valence-corrected chi connectivity index (χ2v) is 12.4. The average molecular weight is 591 g/mol. The van der Waals surface area contributed by atoms with E-state index in [-0.39, 0.29) is 17.5 Å². The third-order valence-electron chi connectivity index (χ3n) is 6.92. The number of sulfonamides is 1. The number of thiazole rings is 1. The van der Waals surface area contributed by atoms with Gasteiger partial charge in [0.15, 0.2) is 16.6 Å². The Bertz CT molecular complexity index is 1790. The van der Waals surface area contributed by atoms with Crippen LogP contribution in [-0.4, -0.2) is 81.6 Å². The zero-order valence-electron chi connectivity index (χ0n) is 22.3. The van der Waals surface area contributed by atoms with Crippen molar-refractivity contribution in [3.8, 4) is 17.3 Å². The molecule has 0 amide bonds. The van der Waals surface area contributed by atoms with Gasteiger partial charge in [-0.2, -0.15) is 10.3 Å². The van der Waals surface area contributed by atoms with Crippen LogP contribution < -0.4 is 4.31 Å². The lowest BCUT2D eigenvalue weighted by Crippen LogP contribution is -2.39. The predicted molar refractivity (Wildman–Crippen MR) is 155 cm³/mol. The van der Waals surface area contributed by atoms with Crippen molar-refractivity contribution >= 4 is 49.7 Å². The molecule has 41 heavy (non-hydrogen) atoms. The average Bonchev–Trinajstić information content (AvgIpc) is 3.68. The summed E-state index contributed by atoms with van der Waals surface area (Å²) in [6, 6.07) is 7.72. The standard InChI is InChI=1S/C27H25FN9O2S2/c1-3-35(27-33-23(22(14-29)40-27)17-6-8-19(28)9-7-17)25-24-21(34-36(25)4-2)11-10-20(32-24)18-15-30-26(31-16-18)37-12-5-13-41(37,38)39/h6-11,15-16,24H,3-5,12-13H2,1-2H3/q+1. The van der Waals surface area contributed by atoms with Gasteiger partial charge in [0.05, 0.1) is 24.6 Å². The molecular weight excluding hydrogens is 565 g/mol. The van der Waals surface area contributed by atoms with Gasteiger partial charge in [-0.3, -0.25) is 4.99 Å². The lowest BCUT2D eigenvalue weighted by molar-refractivity contribution is -0.442. The lowest BCUT2D eigenvalue weighted by atomic mass is 10.0. The number of rotatable bonds is 6. The largest absolute Gasteiger partial charge is 0.322 e. The number of aliphatic imine (C=N–C) groups is 1. The fraction of sp³-hybridized carbons (Fsp3) is 0.296. The van der Waals surface area contributed by atoms with E-state index in [1.807, 2.05) is 35.6 Å². The van der Waals surface area contributed by atoms with Crippen LogP contribution in [0.2, 0.25) is 0 Å². The molecule has 11 nitrogen and oxygen atoms in total. The molecule has 3 aromatic rings. The summed E-state index contributed by atoms with van der Waals surface area (Å²) in [5, 5.41) is 17.1. The molecule has 0 N–H and O–H groups in total. The molecule has 1 unspecified atom stereocenters. The van der Waals surface area contributed by atoms with Crippen LogP contribution in [0, 0.1) is 17.1 Å². The number of anilines is 1. The van der Waals surface area contributed by atoms with Crippen molar-refractivity contribution < 1.29 is 17.4 Å². The summed E-state index contributed by atoms with van der Waals surface area (Å²) < 4.78 is 41.3. The molecule has 1 atom stereocenters. The molecule has 3 aliphatic rings. The van der Waals surface area contributed by atoms with Gasteiger partial charge in [-0.05, 0) is 68.0 Å². The summed E-state index contributed by atoms with van der Waals surface area (Å²) in [5.41, 5.74) is 3.21. The Hall–Kier alpha value is -4.35. The van der Waals surface area contributed by atoms with E-state index in [1.165, 1.54) is 27.8 Å². The number of hydrogen-bond acceptors (Lipinski definition) is 9. The Kier molecular flexibility index (Phi) is 6.92. The minimum absolute atomic E-state index is 0.0954. The molecule has 1 aromatic carbocycles. The SMILES string of the molecule is CCN1N=C2C=CC(c3cnc(N4CCCS4(=O)=O)nc3)=NC2/C1=[N+](\CC)c1nc(-c2ccc(F)cc2)c(C#N)s1. The molecular formula is C27H25FN9O2S2+. The molecule has 208 valence electrons. The monoisotopic (exact) mass is 590 g/mol. The summed E-state index contributed by atoms with van der Waals surface area (Å²) in [7, 11) is -3.38. The van der Waals surface area contributed by atoms with Crippen molar-refractivity contribution in [3.63, 3.8) is 0 Å². The predicted octanol–water partition coefficient (Wildman–Crippen LogP) is 3.33. The van der Waals surface area contributed by atoms with E-state index in [2.05, 4.69) is 16.0 Å². The third-order valence-corrected chi connectivity index (χ3v) is 9.73. The van der Waals surface area contributed by atoms with E-state index in [0.717, 1.165) is 11.5 Å².